The predicted octanol–water partition coefficient (Wildman–Crippen LogP) is 1.84. The van der Waals surface area contributed by atoms with Crippen molar-refractivity contribution in [2.45, 2.75) is 153 Å². The van der Waals surface area contributed by atoms with E-state index in [1.807, 2.05) is 82.3 Å². The molecule has 8 amide bonds. The van der Waals surface area contributed by atoms with Crippen molar-refractivity contribution < 1.29 is 43.5 Å². The number of aromatic nitrogens is 1. The minimum atomic E-state index is -1.48. The lowest BCUT2D eigenvalue weighted by molar-refractivity contribution is -0.147. The molecule has 3 aromatic rings. The van der Waals surface area contributed by atoms with Gasteiger partial charge in [0.15, 0.2) is 0 Å². The van der Waals surface area contributed by atoms with E-state index in [0.717, 1.165) is 22.0 Å². The number of aromatic amines is 1. The average molecular weight is 952 g/mol. The number of carbonyl (C=O) groups is 8. The summed E-state index contributed by atoms with van der Waals surface area (Å²) in [5.74, 6) is -5.28. The molecule has 372 valence electrons. The third kappa shape index (κ3) is 11.6. The summed E-state index contributed by atoms with van der Waals surface area (Å²) in [6.45, 7) is 9.37. The summed E-state index contributed by atoms with van der Waals surface area (Å²) < 4.78 is 0. The smallest absolute Gasteiger partial charge is 0.248 e. The van der Waals surface area contributed by atoms with Gasteiger partial charge in [-0.05, 0) is 80.9 Å². The maximum atomic E-state index is 14.9. The van der Waals surface area contributed by atoms with Gasteiger partial charge in [-0.2, -0.15) is 0 Å². The lowest BCUT2D eigenvalue weighted by Gasteiger charge is -2.35. The Labute approximate surface area is 403 Å². The van der Waals surface area contributed by atoms with E-state index >= 15 is 0 Å². The summed E-state index contributed by atoms with van der Waals surface area (Å²) in [7, 11) is 0. The Morgan fingerprint density at radius 1 is 0.565 bits per heavy atom. The van der Waals surface area contributed by atoms with Crippen molar-refractivity contribution in [3.8, 4) is 0 Å². The van der Waals surface area contributed by atoms with Crippen LogP contribution >= 0.6 is 0 Å². The molecule has 2 aromatic carbocycles. The molecule has 0 spiro atoms. The summed E-state index contributed by atoms with van der Waals surface area (Å²) in [5, 5.41) is 26.2. The molecule has 7 rings (SSSR count). The van der Waals surface area contributed by atoms with Crippen molar-refractivity contribution in [2.24, 2.45) is 11.8 Å². The molecule has 4 aliphatic heterocycles. The summed E-state index contributed by atoms with van der Waals surface area (Å²) in [6, 6.07) is 7.53. The first-order valence-corrected chi connectivity index (χ1v) is 24.8. The number of nitrogens with zero attached hydrogens (tertiary/aromatic N) is 3. The highest BCUT2D eigenvalue weighted by atomic mass is 16.3. The van der Waals surface area contributed by atoms with Crippen LogP contribution in [0, 0.1) is 11.8 Å². The molecule has 4 saturated heterocycles. The van der Waals surface area contributed by atoms with Crippen molar-refractivity contribution in [1.82, 2.24) is 46.3 Å². The van der Waals surface area contributed by atoms with E-state index in [1.165, 1.54) is 21.6 Å². The normalized spacial score (nSPS) is 28.0. The van der Waals surface area contributed by atoms with E-state index in [1.54, 1.807) is 6.20 Å². The molecule has 0 saturated carbocycles. The van der Waals surface area contributed by atoms with Crippen molar-refractivity contribution >= 4 is 58.2 Å². The van der Waals surface area contributed by atoms with Crippen LogP contribution in [0.2, 0.25) is 0 Å². The fourth-order valence-corrected chi connectivity index (χ4v) is 10.3. The monoisotopic (exact) mass is 952 g/mol. The first-order valence-electron chi connectivity index (χ1n) is 24.8. The molecule has 0 radical (unpaired) electrons. The molecule has 0 unspecified atom stereocenters. The van der Waals surface area contributed by atoms with Crippen molar-refractivity contribution in [3.63, 3.8) is 0 Å². The van der Waals surface area contributed by atoms with Gasteiger partial charge in [-0.3, -0.25) is 38.4 Å². The van der Waals surface area contributed by atoms with Crippen LogP contribution in [0.3, 0.4) is 0 Å². The second-order valence-electron chi connectivity index (χ2n) is 19.7. The largest absolute Gasteiger partial charge is 0.391 e. The van der Waals surface area contributed by atoms with Gasteiger partial charge in [-0.25, -0.2) is 0 Å². The van der Waals surface area contributed by atoms with Gasteiger partial charge in [0.05, 0.1) is 6.10 Å². The number of amides is 8. The molecule has 0 aliphatic carbocycles. The average Bonchev–Trinajstić information content (AvgIpc) is 4.18. The summed E-state index contributed by atoms with van der Waals surface area (Å²) >= 11 is 0. The molecule has 1 aromatic heterocycles. The second-order valence-corrected chi connectivity index (χ2v) is 19.7. The Bertz CT molecular complexity index is 2370. The highest BCUT2D eigenvalue weighted by Crippen LogP contribution is 2.26. The molecule has 5 heterocycles. The van der Waals surface area contributed by atoms with Gasteiger partial charge in [-0.1, -0.05) is 82.6 Å². The maximum Gasteiger partial charge on any atom is 0.248 e. The van der Waals surface area contributed by atoms with Gasteiger partial charge in [0.25, 0.3) is 0 Å². The molecule has 69 heavy (non-hydrogen) atoms. The number of H-pyrrole nitrogens is 1. The van der Waals surface area contributed by atoms with Crippen LogP contribution in [0.1, 0.15) is 97.1 Å². The minimum absolute atomic E-state index is 0.0284. The number of carbonyl (C=O) groups excluding carboxylic acids is 8. The number of nitrogens with one attached hydrogen (secondary N) is 6. The van der Waals surface area contributed by atoms with Crippen LogP contribution < -0.4 is 26.6 Å². The van der Waals surface area contributed by atoms with Crippen LogP contribution in [-0.4, -0.2) is 146 Å². The molecular weight excluding hydrogens is 883 g/mol. The number of para-hydroxylation sites is 1. The van der Waals surface area contributed by atoms with Crippen molar-refractivity contribution in [2.75, 3.05) is 19.6 Å². The van der Waals surface area contributed by atoms with E-state index in [4.69, 9.17) is 0 Å². The standard InChI is InChI=1S/C51H69N9O9/c1-6-30(4)42-50(68)59-23-13-20-40(59)47(65)54-37(27-33-28-52-35-18-11-10-17-34(33)35)44(62)55-38(26-32-15-8-7-9-16-32)49(67)58-22-12-19-39(58)46(64)53-36(25-29(2)3)45(63)57-43(31(5)61)51(69)60-24-14-21-41(60)48(66)56-42/h7-11,15-18,28-31,36-43,52,61H,6,12-14,19-27H2,1-5H3,(H,53,64)(H,54,65)(H,55,62)(H,56,66)(H,57,63)/t30-,31+,36-,37-,38-,39-,40-,41-,42-,43-/m0/s1. The molecule has 7 N–H and O–H groups in total. The highest BCUT2D eigenvalue weighted by molar-refractivity contribution is 6.00. The number of hydrogen-bond acceptors (Lipinski definition) is 9. The SMILES string of the molecule is CC[C@H](C)[C@@H]1NC(=O)[C@@H]2CCCN2C(=O)[C@H]([C@@H](C)O)NC(=O)[C@H](CC(C)C)NC(=O)[C@@H]2CCCN2C(=O)[C@H](Cc2ccccc2)NC(=O)[C@H](Cc2c[nH]c3ccccc23)NC(=O)[C@@H]2CCCN2C1=O. The predicted molar refractivity (Wildman–Crippen MR) is 257 cm³/mol. The first-order chi connectivity index (χ1) is 33.1. The Morgan fingerprint density at radius 3 is 1.64 bits per heavy atom. The topological polar surface area (TPSA) is 242 Å². The van der Waals surface area contributed by atoms with Crippen molar-refractivity contribution in [1.29, 1.82) is 0 Å². The van der Waals surface area contributed by atoms with E-state index in [0.29, 0.717) is 32.1 Å². The molecule has 18 nitrogen and oxygen atoms in total. The fraction of sp³-hybridized carbons (Fsp3) is 0.569. The zero-order chi connectivity index (χ0) is 49.5. The summed E-state index contributed by atoms with van der Waals surface area (Å²) in [5.41, 5.74) is 2.30. The van der Waals surface area contributed by atoms with Crippen LogP contribution in [0.4, 0.5) is 0 Å². The Balaban J connectivity index is 1.28. The van der Waals surface area contributed by atoms with Gasteiger partial charge in [0, 0.05) is 49.6 Å². The number of benzene rings is 2. The van der Waals surface area contributed by atoms with Gasteiger partial charge < -0.3 is 51.4 Å². The van der Waals surface area contributed by atoms with Crippen LogP contribution in [0.15, 0.2) is 60.8 Å². The number of fused-ring (bicyclic) bond motifs is 4. The summed E-state index contributed by atoms with van der Waals surface area (Å²) in [6.07, 6.45) is 3.36. The van der Waals surface area contributed by atoms with Gasteiger partial charge in [-0.15, -0.1) is 0 Å². The van der Waals surface area contributed by atoms with Gasteiger partial charge in [0.2, 0.25) is 47.3 Å². The number of hydrogen-bond donors (Lipinski definition) is 7. The molecule has 4 aliphatic rings. The Kier molecular flexibility index (Phi) is 16.4. The second kappa shape index (κ2) is 22.4. The molecular formula is C51H69N9O9. The van der Waals surface area contributed by atoms with E-state index < -0.39 is 102 Å². The number of rotatable bonds is 9. The third-order valence-corrected chi connectivity index (χ3v) is 14.3. The van der Waals surface area contributed by atoms with Gasteiger partial charge in [0.1, 0.15) is 48.3 Å². The molecule has 18 heteroatoms. The van der Waals surface area contributed by atoms with E-state index in [9.17, 15) is 43.5 Å². The zero-order valence-electron chi connectivity index (χ0n) is 40.4. The molecule has 0 bridgehead atoms. The highest BCUT2D eigenvalue weighted by Gasteiger charge is 2.45. The first kappa shape index (κ1) is 50.6. The maximum absolute atomic E-state index is 14.9. The van der Waals surface area contributed by atoms with Crippen LogP contribution in [-0.2, 0) is 51.2 Å². The Hall–Kier alpha value is -6.30. The summed E-state index contributed by atoms with van der Waals surface area (Å²) in [4.78, 5) is 124. The number of aliphatic hydroxyl groups excluding tert-OH is 1. The number of aliphatic hydroxyl groups is 1. The molecule has 4 fully saturated rings. The van der Waals surface area contributed by atoms with Crippen molar-refractivity contribution in [3.05, 3.63) is 71.9 Å². The fourth-order valence-electron chi connectivity index (χ4n) is 10.3. The molecule has 10 atom stereocenters. The van der Waals surface area contributed by atoms with E-state index in [-0.39, 0.29) is 63.6 Å². The lowest BCUT2D eigenvalue weighted by Crippen LogP contribution is -2.62. The van der Waals surface area contributed by atoms with Gasteiger partial charge >= 0.3 is 0 Å². The Morgan fingerprint density at radius 2 is 1.06 bits per heavy atom. The van der Waals surface area contributed by atoms with Crippen LogP contribution in [0.5, 0.6) is 0 Å². The lowest BCUT2D eigenvalue weighted by atomic mass is 9.96. The van der Waals surface area contributed by atoms with E-state index in [2.05, 4.69) is 31.6 Å². The van der Waals surface area contributed by atoms with Crippen LogP contribution in [0.25, 0.3) is 10.9 Å². The minimum Gasteiger partial charge on any atom is -0.391 e. The quantitative estimate of drug-likeness (QED) is 0.165. The zero-order valence-corrected chi connectivity index (χ0v) is 40.4. The third-order valence-electron chi connectivity index (χ3n) is 14.3.